The molecule has 6 heteroatoms. The lowest BCUT2D eigenvalue weighted by atomic mass is 10.2. The molecule has 0 fully saturated rings. The number of fused-ring (bicyclic) bond motifs is 1. The van der Waals surface area contributed by atoms with Gasteiger partial charge in [0, 0.05) is 30.0 Å². The summed E-state index contributed by atoms with van der Waals surface area (Å²) in [7, 11) is 0. The minimum atomic E-state index is -0.282. The van der Waals surface area contributed by atoms with Crippen LogP contribution >= 0.6 is 12.2 Å². The van der Waals surface area contributed by atoms with Crippen molar-refractivity contribution in [1.82, 2.24) is 15.3 Å². The number of nitrogens with zero attached hydrogens (tertiary/aromatic N) is 1. The Morgan fingerprint density at radius 3 is 3.06 bits per heavy atom. The zero-order chi connectivity index (χ0) is 12.5. The van der Waals surface area contributed by atoms with E-state index in [-0.39, 0.29) is 5.82 Å². The number of anilines is 2. The Bertz CT molecular complexity index is 653. The van der Waals surface area contributed by atoms with Gasteiger partial charge in [-0.05, 0) is 30.4 Å². The third kappa shape index (κ3) is 2.12. The van der Waals surface area contributed by atoms with Crippen LogP contribution in [0, 0.1) is 10.6 Å². The molecule has 0 bridgehead atoms. The molecule has 0 spiro atoms. The van der Waals surface area contributed by atoms with Gasteiger partial charge in [0.1, 0.15) is 11.6 Å². The first-order chi connectivity index (χ1) is 8.72. The second kappa shape index (κ2) is 4.47. The van der Waals surface area contributed by atoms with Crippen molar-refractivity contribution in [3.8, 4) is 0 Å². The molecule has 18 heavy (non-hydrogen) atoms. The van der Waals surface area contributed by atoms with Gasteiger partial charge < -0.3 is 15.6 Å². The van der Waals surface area contributed by atoms with Crippen molar-refractivity contribution in [3.63, 3.8) is 0 Å². The number of hydrogen-bond acceptors (Lipinski definition) is 4. The maximum atomic E-state index is 13.1. The van der Waals surface area contributed by atoms with Crippen molar-refractivity contribution in [3.05, 3.63) is 46.1 Å². The van der Waals surface area contributed by atoms with E-state index in [1.807, 2.05) is 0 Å². The highest BCUT2D eigenvalue weighted by molar-refractivity contribution is 7.71. The smallest absolute Gasteiger partial charge is 0.199 e. The number of hydrogen-bond donors (Lipinski definition) is 3. The van der Waals surface area contributed by atoms with Crippen molar-refractivity contribution in [1.29, 1.82) is 0 Å². The van der Waals surface area contributed by atoms with Crippen LogP contribution in [-0.4, -0.2) is 9.97 Å². The van der Waals surface area contributed by atoms with E-state index in [9.17, 15) is 4.39 Å². The van der Waals surface area contributed by atoms with Crippen LogP contribution in [0.4, 0.5) is 15.9 Å². The van der Waals surface area contributed by atoms with Crippen LogP contribution in [0.5, 0.6) is 0 Å². The molecular weight excluding hydrogens is 251 g/mol. The van der Waals surface area contributed by atoms with Crippen molar-refractivity contribution >= 4 is 23.7 Å². The number of aromatic amines is 1. The average molecular weight is 262 g/mol. The molecule has 92 valence electrons. The number of H-pyrrole nitrogens is 1. The van der Waals surface area contributed by atoms with Gasteiger partial charge in [-0.2, -0.15) is 0 Å². The number of aromatic nitrogens is 2. The fraction of sp³-hybridized carbons (Fsp3) is 0.167. The Balaban J connectivity index is 2.00. The molecule has 0 aliphatic carbocycles. The van der Waals surface area contributed by atoms with Gasteiger partial charge in [-0.25, -0.2) is 9.37 Å². The van der Waals surface area contributed by atoms with Crippen LogP contribution in [0.2, 0.25) is 0 Å². The molecule has 2 aromatic rings. The van der Waals surface area contributed by atoms with E-state index in [0.717, 1.165) is 24.3 Å². The van der Waals surface area contributed by atoms with Gasteiger partial charge in [-0.3, -0.25) is 0 Å². The topological polar surface area (TPSA) is 52.7 Å². The summed E-state index contributed by atoms with van der Waals surface area (Å²) in [5.74, 6) is 0.403. The summed E-state index contributed by atoms with van der Waals surface area (Å²) in [6.45, 7) is 1.48. The zero-order valence-electron chi connectivity index (χ0n) is 9.46. The maximum Gasteiger partial charge on any atom is 0.199 e. The summed E-state index contributed by atoms with van der Waals surface area (Å²) in [4.78, 5) is 7.31. The number of rotatable bonds is 2. The highest BCUT2D eigenvalue weighted by Crippen LogP contribution is 2.24. The van der Waals surface area contributed by atoms with Gasteiger partial charge in [0.25, 0.3) is 0 Å². The second-order valence-corrected chi connectivity index (χ2v) is 4.47. The van der Waals surface area contributed by atoms with Crippen LogP contribution in [-0.2, 0) is 13.1 Å². The predicted octanol–water partition coefficient (Wildman–Crippen LogP) is 2.63. The number of benzene rings is 1. The van der Waals surface area contributed by atoms with E-state index in [0.29, 0.717) is 16.3 Å². The van der Waals surface area contributed by atoms with Gasteiger partial charge >= 0.3 is 0 Å². The third-order valence-corrected chi connectivity index (χ3v) is 3.01. The highest BCUT2D eigenvalue weighted by Gasteiger charge is 2.16. The van der Waals surface area contributed by atoms with Gasteiger partial charge in [0.2, 0.25) is 0 Å². The molecule has 3 rings (SSSR count). The average Bonchev–Trinajstić information content (AvgIpc) is 2.77. The Hall–Kier alpha value is -1.79. The molecule has 1 aliphatic rings. The number of halogens is 1. The van der Waals surface area contributed by atoms with Gasteiger partial charge in [-0.1, -0.05) is 6.07 Å². The lowest BCUT2D eigenvalue weighted by Gasteiger charge is -2.09. The maximum absolute atomic E-state index is 13.1. The summed E-state index contributed by atoms with van der Waals surface area (Å²) in [5, 5.41) is 6.33. The minimum absolute atomic E-state index is 0.282. The Kier molecular flexibility index (Phi) is 2.81. The Morgan fingerprint density at radius 1 is 1.33 bits per heavy atom. The van der Waals surface area contributed by atoms with Crippen LogP contribution < -0.4 is 10.6 Å². The van der Waals surface area contributed by atoms with E-state index < -0.39 is 0 Å². The van der Waals surface area contributed by atoms with E-state index in [1.165, 1.54) is 12.1 Å². The molecule has 0 radical (unpaired) electrons. The summed E-state index contributed by atoms with van der Waals surface area (Å²) in [6.07, 6.45) is 0. The summed E-state index contributed by atoms with van der Waals surface area (Å²) >= 11 is 5.07. The predicted molar refractivity (Wildman–Crippen MR) is 69.6 cm³/mol. The monoisotopic (exact) mass is 262 g/mol. The van der Waals surface area contributed by atoms with Crippen LogP contribution in [0.1, 0.15) is 11.3 Å². The quantitative estimate of drug-likeness (QED) is 0.728. The van der Waals surface area contributed by atoms with Gasteiger partial charge in [0.05, 0.1) is 0 Å². The molecule has 0 unspecified atom stereocenters. The zero-order valence-corrected chi connectivity index (χ0v) is 10.3. The molecular formula is C12H11FN4S. The molecule has 2 heterocycles. The van der Waals surface area contributed by atoms with Crippen molar-refractivity contribution in [2.75, 3.05) is 5.32 Å². The van der Waals surface area contributed by atoms with Gasteiger partial charge in [0.15, 0.2) is 4.77 Å². The van der Waals surface area contributed by atoms with E-state index >= 15 is 0 Å². The van der Waals surface area contributed by atoms with Crippen molar-refractivity contribution < 1.29 is 4.39 Å². The summed E-state index contributed by atoms with van der Waals surface area (Å²) < 4.78 is 13.6. The first-order valence-corrected chi connectivity index (χ1v) is 5.98. The lowest BCUT2D eigenvalue weighted by molar-refractivity contribution is 0.628. The SMILES string of the molecule is Fc1cccc(Nc2nc(=S)[nH]c3c2CNC3)c1. The molecule has 3 N–H and O–H groups in total. The molecule has 0 saturated carbocycles. The van der Waals surface area contributed by atoms with Crippen molar-refractivity contribution in [2.24, 2.45) is 0 Å². The third-order valence-electron chi connectivity index (χ3n) is 2.81. The molecule has 1 aromatic carbocycles. The Labute approximate surface area is 108 Å². The van der Waals surface area contributed by atoms with Crippen LogP contribution in [0.15, 0.2) is 24.3 Å². The van der Waals surface area contributed by atoms with Gasteiger partial charge in [-0.15, -0.1) is 0 Å². The minimum Gasteiger partial charge on any atom is -0.340 e. The van der Waals surface area contributed by atoms with Crippen molar-refractivity contribution in [2.45, 2.75) is 13.1 Å². The molecule has 1 aromatic heterocycles. The van der Waals surface area contributed by atoms with E-state index in [4.69, 9.17) is 12.2 Å². The first kappa shape index (κ1) is 11.3. The molecule has 4 nitrogen and oxygen atoms in total. The largest absolute Gasteiger partial charge is 0.340 e. The van der Waals surface area contributed by atoms with E-state index in [2.05, 4.69) is 20.6 Å². The fourth-order valence-corrected chi connectivity index (χ4v) is 2.22. The Morgan fingerprint density at radius 2 is 2.22 bits per heavy atom. The standard InChI is InChI=1S/C12H11FN4S/c13-7-2-1-3-8(4-7)15-11-9-5-14-6-10(9)16-12(18)17-11/h1-4,14H,5-6H2,(H2,15,16,17,18). The first-order valence-electron chi connectivity index (χ1n) is 5.58. The van der Waals surface area contributed by atoms with Crippen LogP contribution in [0.25, 0.3) is 0 Å². The fourth-order valence-electron chi connectivity index (χ4n) is 2.00. The number of nitrogens with one attached hydrogen (secondary N) is 3. The van der Waals surface area contributed by atoms with Crippen LogP contribution in [0.3, 0.4) is 0 Å². The molecule has 0 saturated heterocycles. The lowest BCUT2D eigenvalue weighted by Crippen LogP contribution is -2.02. The van der Waals surface area contributed by atoms with E-state index in [1.54, 1.807) is 12.1 Å². The normalized spacial score (nSPS) is 13.4. The molecule has 0 amide bonds. The molecule has 0 atom stereocenters. The summed E-state index contributed by atoms with van der Waals surface area (Å²) in [5.41, 5.74) is 2.75. The highest BCUT2D eigenvalue weighted by atomic mass is 32.1. The second-order valence-electron chi connectivity index (χ2n) is 4.09. The summed E-state index contributed by atoms with van der Waals surface area (Å²) in [6, 6.07) is 6.27. The molecule has 1 aliphatic heterocycles.